The molecule has 8 heteroatoms. The average molecular weight is 459 g/mol. The number of hydrogen-bond donors (Lipinski definition) is 0. The summed E-state index contributed by atoms with van der Waals surface area (Å²) in [5.74, 6) is 0.682. The number of morpholine rings is 1. The Morgan fingerprint density at radius 2 is 1.81 bits per heavy atom. The van der Waals surface area contributed by atoms with E-state index in [1.807, 2.05) is 43.0 Å². The maximum absolute atomic E-state index is 13.5. The van der Waals surface area contributed by atoms with E-state index in [-0.39, 0.29) is 16.8 Å². The number of hydrogen-bond acceptors (Lipinski definition) is 5. The zero-order valence-electron chi connectivity index (χ0n) is 18.6. The molecule has 0 aliphatic carbocycles. The molecule has 0 aromatic heterocycles. The van der Waals surface area contributed by atoms with Gasteiger partial charge in [-0.2, -0.15) is 4.31 Å². The van der Waals surface area contributed by atoms with Gasteiger partial charge in [-0.3, -0.25) is 4.79 Å². The zero-order valence-corrected chi connectivity index (χ0v) is 19.4. The summed E-state index contributed by atoms with van der Waals surface area (Å²) in [7, 11) is -3.67. The predicted molar refractivity (Wildman–Crippen MR) is 121 cm³/mol. The first-order valence-corrected chi connectivity index (χ1v) is 12.6. The van der Waals surface area contributed by atoms with Gasteiger partial charge in [-0.05, 0) is 62.1 Å². The van der Waals surface area contributed by atoms with Crippen molar-refractivity contribution in [3.8, 4) is 5.75 Å². The minimum Gasteiger partial charge on any atom is -0.494 e. The number of amides is 1. The Kier molecular flexibility index (Phi) is 6.83. The van der Waals surface area contributed by atoms with Gasteiger partial charge in [0.2, 0.25) is 10.0 Å². The van der Waals surface area contributed by atoms with Gasteiger partial charge >= 0.3 is 0 Å². The second-order valence-electron chi connectivity index (χ2n) is 8.15. The Morgan fingerprint density at radius 1 is 1.09 bits per heavy atom. The monoisotopic (exact) mass is 458 g/mol. The van der Waals surface area contributed by atoms with E-state index in [0.717, 1.165) is 29.7 Å². The highest BCUT2D eigenvalue weighted by Gasteiger charge is 2.33. The second kappa shape index (κ2) is 9.60. The van der Waals surface area contributed by atoms with Crippen LogP contribution in [0.5, 0.6) is 5.75 Å². The molecule has 1 unspecified atom stereocenters. The highest BCUT2D eigenvalue weighted by Crippen LogP contribution is 2.35. The molecule has 0 saturated carbocycles. The van der Waals surface area contributed by atoms with Gasteiger partial charge < -0.3 is 14.4 Å². The van der Waals surface area contributed by atoms with Crippen LogP contribution in [-0.2, 0) is 14.8 Å². The van der Waals surface area contributed by atoms with E-state index < -0.39 is 10.0 Å². The van der Waals surface area contributed by atoms with E-state index in [4.69, 9.17) is 9.47 Å². The standard InChI is InChI=1S/C24H30N2O5S/c1-3-31-20-9-7-19(8-10-20)23-5-4-12-26(23)24(27)22-17-21(11-6-18(22)2)32(28,29)25-13-15-30-16-14-25/h6-11,17,23H,3-5,12-16H2,1-2H3. The second-order valence-corrected chi connectivity index (χ2v) is 10.1. The molecule has 1 amide bonds. The van der Waals surface area contributed by atoms with E-state index in [2.05, 4.69) is 0 Å². The lowest BCUT2D eigenvalue weighted by Crippen LogP contribution is -2.40. The van der Waals surface area contributed by atoms with Crippen LogP contribution in [0.25, 0.3) is 0 Å². The fourth-order valence-corrected chi connectivity index (χ4v) is 5.83. The molecule has 0 N–H and O–H groups in total. The van der Waals surface area contributed by atoms with Gasteiger partial charge in [-0.1, -0.05) is 18.2 Å². The average Bonchev–Trinajstić information content (AvgIpc) is 3.30. The Labute approximate surface area is 190 Å². The number of nitrogens with zero attached hydrogens (tertiary/aromatic N) is 2. The van der Waals surface area contributed by atoms with Crippen LogP contribution in [-0.4, -0.2) is 63.0 Å². The van der Waals surface area contributed by atoms with Crippen molar-refractivity contribution < 1.29 is 22.7 Å². The number of aryl methyl sites for hydroxylation is 1. The van der Waals surface area contributed by atoms with Crippen LogP contribution >= 0.6 is 0 Å². The molecule has 2 aromatic rings. The molecule has 2 aliphatic rings. The third kappa shape index (κ3) is 4.53. The van der Waals surface area contributed by atoms with Crippen LogP contribution in [0.15, 0.2) is 47.4 Å². The first-order valence-electron chi connectivity index (χ1n) is 11.1. The molecule has 32 heavy (non-hydrogen) atoms. The van der Waals surface area contributed by atoms with Crippen LogP contribution < -0.4 is 4.74 Å². The highest BCUT2D eigenvalue weighted by atomic mass is 32.2. The lowest BCUT2D eigenvalue weighted by Gasteiger charge is -2.28. The van der Waals surface area contributed by atoms with E-state index in [9.17, 15) is 13.2 Å². The van der Waals surface area contributed by atoms with Crippen molar-refractivity contribution >= 4 is 15.9 Å². The van der Waals surface area contributed by atoms with Gasteiger partial charge in [0, 0.05) is 25.2 Å². The van der Waals surface area contributed by atoms with Crippen LogP contribution in [0.2, 0.25) is 0 Å². The van der Waals surface area contributed by atoms with E-state index >= 15 is 0 Å². The number of ether oxygens (including phenoxy) is 2. The molecule has 2 heterocycles. The van der Waals surface area contributed by atoms with Gasteiger partial charge in [0.25, 0.3) is 5.91 Å². The van der Waals surface area contributed by atoms with Crippen LogP contribution in [0.4, 0.5) is 0 Å². The molecule has 1 atom stereocenters. The maximum atomic E-state index is 13.5. The van der Waals surface area contributed by atoms with E-state index in [0.29, 0.717) is 45.0 Å². The molecule has 0 bridgehead atoms. The Morgan fingerprint density at radius 3 is 2.50 bits per heavy atom. The fourth-order valence-electron chi connectivity index (χ4n) is 4.39. The van der Waals surface area contributed by atoms with Crippen molar-refractivity contribution in [1.29, 1.82) is 0 Å². The Hall–Kier alpha value is -2.42. The lowest BCUT2D eigenvalue weighted by molar-refractivity contribution is 0.0727. The number of carbonyl (C=O) groups is 1. The van der Waals surface area contributed by atoms with Crippen molar-refractivity contribution in [1.82, 2.24) is 9.21 Å². The lowest BCUT2D eigenvalue weighted by atomic mass is 10.0. The summed E-state index contributed by atoms with van der Waals surface area (Å²) in [5.41, 5.74) is 2.28. The van der Waals surface area contributed by atoms with Crippen molar-refractivity contribution in [3.63, 3.8) is 0 Å². The SMILES string of the molecule is CCOc1ccc(C2CCCN2C(=O)c2cc(S(=O)(=O)N3CCOCC3)ccc2C)cc1. The molecular weight excluding hydrogens is 428 g/mol. The third-order valence-corrected chi connectivity index (χ3v) is 8.03. The minimum absolute atomic E-state index is 0.0305. The smallest absolute Gasteiger partial charge is 0.254 e. The summed E-state index contributed by atoms with van der Waals surface area (Å²) >= 11 is 0. The van der Waals surface area contributed by atoms with Gasteiger partial charge in [0.15, 0.2) is 0 Å². The van der Waals surface area contributed by atoms with Gasteiger partial charge in [-0.15, -0.1) is 0 Å². The summed E-state index contributed by atoms with van der Waals surface area (Å²) in [4.78, 5) is 15.6. The summed E-state index contributed by atoms with van der Waals surface area (Å²) in [5, 5.41) is 0. The molecule has 7 nitrogen and oxygen atoms in total. The summed E-state index contributed by atoms with van der Waals surface area (Å²) < 4.78 is 38.4. The molecule has 172 valence electrons. The molecule has 0 radical (unpaired) electrons. The van der Waals surface area contributed by atoms with Crippen LogP contribution in [0.1, 0.15) is 47.3 Å². The number of benzene rings is 2. The first kappa shape index (κ1) is 22.8. The first-order chi connectivity index (χ1) is 15.4. The van der Waals surface area contributed by atoms with Gasteiger partial charge in [0.1, 0.15) is 5.75 Å². The summed E-state index contributed by atoms with van der Waals surface area (Å²) in [6.45, 7) is 6.47. The molecule has 0 spiro atoms. The summed E-state index contributed by atoms with van der Waals surface area (Å²) in [6, 6.07) is 12.7. The largest absolute Gasteiger partial charge is 0.494 e. The molecule has 2 saturated heterocycles. The fraction of sp³-hybridized carbons (Fsp3) is 0.458. The normalized spacial score (nSPS) is 19.8. The number of likely N-dealkylation sites (tertiary alicyclic amines) is 1. The Bertz CT molecular complexity index is 1060. The molecular formula is C24H30N2O5S. The van der Waals surface area contributed by atoms with Gasteiger partial charge in [-0.25, -0.2) is 8.42 Å². The topological polar surface area (TPSA) is 76.2 Å². The molecule has 2 fully saturated rings. The molecule has 2 aromatic carbocycles. The van der Waals surface area contributed by atoms with Gasteiger partial charge in [0.05, 0.1) is 30.8 Å². The maximum Gasteiger partial charge on any atom is 0.254 e. The van der Waals surface area contributed by atoms with E-state index in [1.54, 1.807) is 12.1 Å². The molecule has 4 rings (SSSR count). The third-order valence-electron chi connectivity index (χ3n) is 6.14. The van der Waals surface area contributed by atoms with Crippen molar-refractivity contribution in [3.05, 3.63) is 59.2 Å². The van der Waals surface area contributed by atoms with Crippen molar-refractivity contribution in [2.75, 3.05) is 39.5 Å². The Balaban J connectivity index is 1.60. The highest BCUT2D eigenvalue weighted by molar-refractivity contribution is 7.89. The van der Waals surface area contributed by atoms with E-state index in [1.165, 1.54) is 10.4 Å². The quantitative estimate of drug-likeness (QED) is 0.663. The van der Waals surface area contributed by atoms with Crippen molar-refractivity contribution in [2.45, 2.75) is 37.6 Å². The molecule has 2 aliphatic heterocycles. The predicted octanol–water partition coefficient (Wildman–Crippen LogP) is 3.39. The number of sulfonamides is 1. The van der Waals surface area contributed by atoms with Crippen LogP contribution in [0, 0.1) is 6.92 Å². The zero-order chi connectivity index (χ0) is 22.7. The van der Waals surface area contributed by atoms with Crippen molar-refractivity contribution in [2.24, 2.45) is 0 Å². The van der Waals surface area contributed by atoms with Crippen LogP contribution in [0.3, 0.4) is 0 Å². The summed E-state index contributed by atoms with van der Waals surface area (Å²) in [6.07, 6.45) is 1.79. The minimum atomic E-state index is -3.67. The number of rotatable bonds is 6. The number of carbonyl (C=O) groups excluding carboxylic acids is 1.